The van der Waals surface area contributed by atoms with E-state index < -0.39 is 0 Å². The van der Waals surface area contributed by atoms with Gasteiger partial charge in [0, 0.05) is 5.70 Å². The van der Waals surface area contributed by atoms with Crippen LogP contribution in [-0.2, 0) is 0 Å². The van der Waals surface area contributed by atoms with Gasteiger partial charge in [-0.25, -0.2) is 0 Å². The van der Waals surface area contributed by atoms with Crippen LogP contribution < -0.4 is 5.73 Å². The summed E-state index contributed by atoms with van der Waals surface area (Å²) in [5.74, 6) is 0. The predicted molar refractivity (Wildman–Crippen MR) is 58.3 cm³/mol. The number of hydrogen-bond donors (Lipinski definition) is 1. The molecular formula is C12H17N. The molecule has 0 saturated heterocycles. The number of nitrogens with two attached hydrogens (primary N) is 1. The van der Waals surface area contributed by atoms with Gasteiger partial charge >= 0.3 is 0 Å². The molecule has 2 N–H and O–H groups in total. The summed E-state index contributed by atoms with van der Waals surface area (Å²) in [6.07, 6.45) is 1.01. The molecule has 1 nitrogen and oxygen atoms in total. The van der Waals surface area contributed by atoms with Gasteiger partial charge in [-0.05, 0) is 31.9 Å². The fourth-order valence-corrected chi connectivity index (χ4v) is 1.25. The number of rotatable bonds is 2. The molecule has 1 heteroatoms. The van der Waals surface area contributed by atoms with Crippen LogP contribution in [0.2, 0.25) is 0 Å². The first-order chi connectivity index (χ1) is 6.15. The van der Waals surface area contributed by atoms with E-state index in [1.165, 1.54) is 11.1 Å². The highest BCUT2D eigenvalue weighted by Gasteiger charge is 1.99. The highest BCUT2D eigenvalue weighted by molar-refractivity contribution is 5.65. The van der Waals surface area contributed by atoms with Gasteiger partial charge in [-0.1, -0.05) is 36.3 Å². The Labute approximate surface area is 80.3 Å². The number of allylic oxidation sites excluding steroid dienone is 1. The van der Waals surface area contributed by atoms with E-state index in [-0.39, 0.29) is 0 Å². The van der Waals surface area contributed by atoms with Gasteiger partial charge in [0.1, 0.15) is 0 Å². The molecular weight excluding hydrogens is 158 g/mol. The molecule has 13 heavy (non-hydrogen) atoms. The third kappa shape index (κ3) is 2.35. The third-order valence-corrected chi connectivity index (χ3v) is 2.32. The highest BCUT2D eigenvalue weighted by Crippen LogP contribution is 2.16. The minimum atomic E-state index is 0.922. The van der Waals surface area contributed by atoms with E-state index in [0.717, 1.165) is 17.7 Å². The van der Waals surface area contributed by atoms with E-state index in [9.17, 15) is 0 Å². The van der Waals surface area contributed by atoms with Gasteiger partial charge in [0.05, 0.1) is 0 Å². The monoisotopic (exact) mass is 175 g/mol. The van der Waals surface area contributed by atoms with Crippen molar-refractivity contribution in [3.05, 3.63) is 41.0 Å². The van der Waals surface area contributed by atoms with Gasteiger partial charge in [-0.3, -0.25) is 0 Å². The first-order valence-electron chi connectivity index (χ1n) is 4.67. The fourth-order valence-electron chi connectivity index (χ4n) is 1.25. The minimum Gasteiger partial charge on any atom is -0.398 e. The predicted octanol–water partition coefficient (Wildman–Crippen LogP) is 3.09. The SMILES string of the molecule is CC/C(C)=C(\N)c1cccc(C)c1. The Hall–Kier alpha value is -1.24. The summed E-state index contributed by atoms with van der Waals surface area (Å²) in [6, 6.07) is 8.30. The number of aryl methyl sites for hydroxylation is 1. The zero-order valence-corrected chi connectivity index (χ0v) is 8.59. The molecule has 0 aromatic heterocycles. The molecule has 1 aromatic rings. The molecule has 0 fully saturated rings. The Morgan fingerprint density at radius 3 is 2.62 bits per heavy atom. The summed E-state index contributed by atoms with van der Waals surface area (Å²) in [6.45, 7) is 6.29. The first kappa shape index (κ1) is 9.85. The lowest BCUT2D eigenvalue weighted by Crippen LogP contribution is -1.99. The second kappa shape index (κ2) is 4.13. The maximum atomic E-state index is 6.00. The Bertz CT molecular complexity index is 324. The lowest BCUT2D eigenvalue weighted by Gasteiger charge is -2.06. The molecule has 0 unspecified atom stereocenters. The van der Waals surface area contributed by atoms with Crippen LogP contribution in [0.15, 0.2) is 29.8 Å². The molecule has 0 aliphatic heterocycles. The normalized spacial score (nSPS) is 12.5. The molecule has 0 spiro atoms. The molecule has 0 heterocycles. The van der Waals surface area contributed by atoms with Gasteiger partial charge in [0.2, 0.25) is 0 Å². The maximum absolute atomic E-state index is 6.00. The lowest BCUT2D eigenvalue weighted by molar-refractivity contribution is 1.09. The molecule has 0 aliphatic rings. The Morgan fingerprint density at radius 2 is 2.08 bits per heavy atom. The number of benzene rings is 1. The van der Waals surface area contributed by atoms with E-state index >= 15 is 0 Å². The van der Waals surface area contributed by atoms with E-state index in [2.05, 4.69) is 39.0 Å². The van der Waals surface area contributed by atoms with Crippen molar-refractivity contribution in [2.45, 2.75) is 27.2 Å². The van der Waals surface area contributed by atoms with Crippen LogP contribution >= 0.6 is 0 Å². The zero-order valence-electron chi connectivity index (χ0n) is 8.59. The van der Waals surface area contributed by atoms with Crippen molar-refractivity contribution < 1.29 is 0 Å². The van der Waals surface area contributed by atoms with Crippen LogP contribution in [0.4, 0.5) is 0 Å². The summed E-state index contributed by atoms with van der Waals surface area (Å²) in [5, 5.41) is 0. The summed E-state index contributed by atoms with van der Waals surface area (Å²) in [4.78, 5) is 0. The van der Waals surface area contributed by atoms with Crippen molar-refractivity contribution in [2.24, 2.45) is 5.73 Å². The summed E-state index contributed by atoms with van der Waals surface area (Å²) in [7, 11) is 0. The van der Waals surface area contributed by atoms with Crippen LogP contribution in [0.3, 0.4) is 0 Å². The van der Waals surface area contributed by atoms with Crippen molar-refractivity contribution in [3.63, 3.8) is 0 Å². The van der Waals surface area contributed by atoms with Crippen LogP contribution in [0, 0.1) is 6.92 Å². The maximum Gasteiger partial charge on any atom is 0.0376 e. The van der Waals surface area contributed by atoms with Crippen molar-refractivity contribution in [3.8, 4) is 0 Å². The quantitative estimate of drug-likeness (QED) is 0.734. The zero-order chi connectivity index (χ0) is 9.84. The molecule has 0 aliphatic carbocycles. The van der Waals surface area contributed by atoms with Crippen LogP contribution in [0.5, 0.6) is 0 Å². The molecule has 70 valence electrons. The van der Waals surface area contributed by atoms with E-state index in [0.29, 0.717) is 0 Å². The molecule has 0 bridgehead atoms. The van der Waals surface area contributed by atoms with Gasteiger partial charge in [-0.15, -0.1) is 0 Å². The topological polar surface area (TPSA) is 26.0 Å². The Morgan fingerprint density at radius 1 is 1.38 bits per heavy atom. The van der Waals surface area contributed by atoms with Crippen molar-refractivity contribution >= 4 is 5.70 Å². The second-order valence-corrected chi connectivity index (χ2v) is 3.42. The average molecular weight is 175 g/mol. The molecule has 0 atom stereocenters. The van der Waals surface area contributed by atoms with E-state index in [1.54, 1.807) is 0 Å². The van der Waals surface area contributed by atoms with Crippen LogP contribution in [0.25, 0.3) is 5.70 Å². The summed E-state index contributed by atoms with van der Waals surface area (Å²) in [5.41, 5.74) is 10.6. The van der Waals surface area contributed by atoms with Crippen LogP contribution in [-0.4, -0.2) is 0 Å². The van der Waals surface area contributed by atoms with E-state index in [4.69, 9.17) is 5.73 Å². The Balaban J connectivity index is 3.08. The average Bonchev–Trinajstić information content (AvgIpc) is 2.15. The standard InChI is InChI=1S/C12H17N/c1-4-10(3)12(13)11-7-5-6-9(2)8-11/h5-8H,4,13H2,1-3H3/b12-10-. The highest BCUT2D eigenvalue weighted by atomic mass is 14.6. The third-order valence-electron chi connectivity index (χ3n) is 2.32. The van der Waals surface area contributed by atoms with Crippen molar-refractivity contribution in [2.75, 3.05) is 0 Å². The minimum absolute atomic E-state index is 0.922. The molecule has 1 aromatic carbocycles. The van der Waals surface area contributed by atoms with Crippen LogP contribution in [0.1, 0.15) is 31.4 Å². The molecule has 0 amide bonds. The smallest absolute Gasteiger partial charge is 0.0376 e. The van der Waals surface area contributed by atoms with Crippen molar-refractivity contribution in [1.82, 2.24) is 0 Å². The lowest BCUT2D eigenvalue weighted by atomic mass is 10.0. The first-order valence-corrected chi connectivity index (χ1v) is 4.67. The second-order valence-electron chi connectivity index (χ2n) is 3.42. The van der Waals surface area contributed by atoms with Gasteiger partial charge in [0.25, 0.3) is 0 Å². The molecule has 0 saturated carbocycles. The molecule has 0 radical (unpaired) electrons. The van der Waals surface area contributed by atoms with Gasteiger partial charge in [-0.2, -0.15) is 0 Å². The van der Waals surface area contributed by atoms with Gasteiger partial charge in [0.15, 0.2) is 0 Å². The summed E-state index contributed by atoms with van der Waals surface area (Å²) >= 11 is 0. The van der Waals surface area contributed by atoms with Gasteiger partial charge < -0.3 is 5.73 Å². The Kier molecular flexibility index (Phi) is 3.13. The summed E-state index contributed by atoms with van der Waals surface area (Å²) < 4.78 is 0. The molecule has 1 rings (SSSR count). The largest absolute Gasteiger partial charge is 0.398 e. The van der Waals surface area contributed by atoms with Crippen molar-refractivity contribution in [1.29, 1.82) is 0 Å². The number of hydrogen-bond acceptors (Lipinski definition) is 1. The fraction of sp³-hybridized carbons (Fsp3) is 0.333. The van der Waals surface area contributed by atoms with E-state index in [1.807, 2.05) is 6.07 Å².